The van der Waals surface area contributed by atoms with E-state index >= 15 is 0 Å². The molecular weight excluding hydrogens is 499 g/mol. The van der Waals surface area contributed by atoms with Crippen LogP contribution in [0.25, 0.3) is 21.3 Å². The number of nitrogens with zero attached hydrogens (tertiary/aromatic N) is 3. The van der Waals surface area contributed by atoms with E-state index in [2.05, 4.69) is 29.9 Å². The number of thiophene rings is 1. The van der Waals surface area contributed by atoms with Crippen LogP contribution in [0.1, 0.15) is 25.0 Å². The minimum atomic E-state index is -4.44. The Bertz CT molecular complexity index is 1380. The Balaban J connectivity index is 1.49. The van der Waals surface area contributed by atoms with Crippen molar-refractivity contribution >= 4 is 17.2 Å². The first-order chi connectivity index (χ1) is 17.3. The number of hydrogen-bond acceptors (Lipinski definition) is 9. The number of ether oxygens (including phenoxy) is 2. The van der Waals surface area contributed by atoms with Gasteiger partial charge in [-0.3, -0.25) is 9.51 Å². The maximum absolute atomic E-state index is 13.0. The van der Waals surface area contributed by atoms with Crippen molar-refractivity contribution in [2.24, 2.45) is 0 Å². The summed E-state index contributed by atoms with van der Waals surface area (Å²) in [7, 11) is 0. The zero-order chi connectivity index (χ0) is 25.7. The van der Waals surface area contributed by atoms with Gasteiger partial charge in [-0.05, 0) is 38.0 Å². The molecule has 0 unspecified atom stereocenters. The molecule has 9 nitrogen and oxygen atoms in total. The summed E-state index contributed by atoms with van der Waals surface area (Å²) in [6, 6.07) is 7.03. The number of aromatic amines is 1. The average molecular weight is 522 g/mol. The maximum atomic E-state index is 13.0. The molecule has 0 amide bonds. The van der Waals surface area contributed by atoms with Crippen molar-refractivity contribution in [3.05, 3.63) is 58.3 Å². The number of benzene rings is 1. The van der Waals surface area contributed by atoms with Gasteiger partial charge in [0.25, 0.3) is 0 Å². The molecule has 0 saturated carbocycles. The lowest BCUT2D eigenvalue weighted by Crippen LogP contribution is -2.10. The summed E-state index contributed by atoms with van der Waals surface area (Å²) in [5.41, 5.74) is 0.511. The van der Waals surface area contributed by atoms with Crippen LogP contribution in [0.15, 0.2) is 46.0 Å². The number of H-pyrrole nitrogens is 1. The number of halogens is 3. The highest BCUT2D eigenvalue weighted by molar-refractivity contribution is 7.19. The van der Waals surface area contributed by atoms with Crippen molar-refractivity contribution < 1.29 is 27.2 Å². The Morgan fingerprint density at radius 2 is 1.86 bits per heavy atom. The quantitative estimate of drug-likeness (QED) is 0.299. The van der Waals surface area contributed by atoms with Crippen molar-refractivity contribution in [1.82, 2.24) is 20.1 Å². The van der Waals surface area contributed by atoms with E-state index in [0.29, 0.717) is 47.3 Å². The molecule has 190 valence electrons. The average Bonchev–Trinajstić information content (AvgIpc) is 3.46. The summed E-state index contributed by atoms with van der Waals surface area (Å²) in [5.74, 6) is 0.858. The summed E-state index contributed by atoms with van der Waals surface area (Å²) < 4.78 is 54.8. The third-order valence-corrected chi connectivity index (χ3v) is 6.11. The third-order valence-electron chi connectivity index (χ3n) is 4.97. The molecule has 0 aliphatic heterocycles. The van der Waals surface area contributed by atoms with Gasteiger partial charge in [-0.2, -0.15) is 13.2 Å². The van der Waals surface area contributed by atoms with E-state index in [-0.39, 0.29) is 18.2 Å². The first-order valence-electron chi connectivity index (χ1n) is 11.0. The van der Waals surface area contributed by atoms with Crippen LogP contribution in [-0.2, 0) is 12.6 Å². The molecule has 4 rings (SSSR count). The fourth-order valence-electron chi connectivity index (χ4n) is 3.40. The van der Waals surface area contributed by atoms with Crippen LogP contribution < -0.4 is 20.5 Å². The van der Waals surface area contributed by atoms with E-state index in [1.807, 2.05) is 6.92 Å². The number of hydrogen-bond donors (Lipinski definition) is 2. The summed E-state index contributed by atoms with van der Waals surface area (Å²) in [5, 5.41) is 6.90. The van der Waals surface area contributed by atoms with Crippen LogP contribution in [0.4, 0.5) is 19.0 Å². The van der Waals surface area contributed by atoms with Gasteiger partial charge in [-0.1, -0.05) is 11.2 Å². The van der Waals surface area contributed by atoms with Crippen molar-refractivity contribution in [2.75, 3.05) is 25.1 Å². The van der Waals surface area contributed by atoms with E-state index in [1.54, 1.807) is 19.1 Å². The molecule has 3 heterocycles. The van der Waals surface area contributed by atoms with E-state index < -0.39 is 17.5 Å². The van der Waals surface area contributed by atoms with Gasteiger partial charge in [-0.25, -0.2) is 14.8 Å². The number of nitrogens with one attached hydrogen (secondary N) is 2. The van der Waals surface area contributed by atoms with E-state index in [1.165, 1.54) is 23.7 Å². The molecule has 0 atom stereocenters. The zero-order valence-corrected chi connectivity index (χ0v) is 20.1. The number of alkyl halides is 3. The fraction of sp³-hybridized carbons (Fsp3) is 0.304. The van der Waals surface area contributed by atoms with E-state index in [4.69, 9.17) is 9.47 Å². The summed E-state index contributed by atoms with van der Waals surface area (Å²) in [6.45, 7) is 4.63. The molecule has 0 bridgehead atoms. The summed E-state index contributed by atoms with van der Waals surface area (Å²) in [4.78, 5) is 23.8. The monoisotopic (exact) mass is 521 g/mol. The van der Waals surface area contributed by atoms with Gasteiger partial charge in [0.15, 0.2) is 5.82 Å². The van der Waals surface area contributed by atoms with Gasteiger partial charge in [-0.15, -0.1) is 11.3 Å². The molecule has 13 heteroatoms. The molecule has 0 aliphatic carbocycles. The molecule has 0 radical (unpaired) electrons. The molecule has 0 fully saturated rings. The Kier molecular flexibility index (Phi) is 7.58. The summed E-state index contributed by atoms with van der Waals surface area (Å²) >= 11 is 1.31. The summed E-state index contributed by atoms with van der Waals surface area (Å²) in [6.07, 6.45) is -2.62. The van der Waals surface area contributed by atoms with E-state index in [9.17, 15) is 18.0 Å². The van der Waals surface area contributed by atoms with Gasteiger partial charge < -0.3 is 14.8 Å². The second-order valence-corrected chi connectivity index (χ2v) is 8.45. The molecule has 0 saturated heterocycles. The van der Waals surface area contributed by atoms with Gasteiger partial charge in [0, 0.05) is 18.7 Å². The van der Waals surface area contributed by atoms with Gasteiger partial charge in [0.1, 0.15) is 28.5 Å². The Morgan fingerprint density at radius 3 is 2.56 bits per heavy atom. The van der Waals surface area contributed by atoms with Crippen molar-refractivity contribution in [2.45, 2.75) is 26.4 Å². The van der Waals surface area contributed by atoms with E-state index in [0.717, 1.165) is 17.0 Å². The SMILES string of the molecule is CCOc1cc(C(F)(F)F)ccc1CCNc1cc(-c2cc(OCC)c(-c3noc(=O)[nH]3)s2)ncn1. The second kappa shape index (κ2) is 10.8. The zero-order valence-electron chi connectivity index (χ0n) is 19.3. The first kappa shape index (κ1) is 25.2. The standard InChI is InChI=1S/C23H22F3N5O4S/c1-3-33-16-9-14(23(24,25)26)6-5-13(16)7-8-27-19-10-15(28-12-29-19)18-11-17(34-4-2)20(36-18)21-30-22(32)35-31-21/h5-6,9-12H,3-4,7-8H2,1-2H3,(H,27,28,29)(H,30,31,32). The minimum Gasteiger partial charge on any atom is -0.494 e. The minimum absolute atomic E-state index is 0.206. The lowest BCUT2D eigenvalue weighted by atomic mass is 10.1. The smallest absolute Gasteiger partial charge is 0.439 e. The van der Waals surface area contributed by atoms with Crippen LogP contribution >= 0.6 is 11.3 Å². The van der Waals surface area contributed by atoms with Crippen LogP contribution in [0.2, 0.25) is 0 Å². The van der Waals surface area contributed by atoms with Crippen LogP contribution in [0, 0.1) is 0 Å². The van der Waals surface area contributed by atoms with Crippen molar-refractivity contribution in [1.29, 1.82) is 0 Å². The molecular formula is C23H22F3N5O4S. The van der Waals surface area contributed by atoms with Gasteiger partial charge >= 0.3 is 11.9 Å². The lowest BCUT2D eigenvalue weighted by Gasteiger charge is -2.14. The molecule has 0 aliphatic rings. The molecule has 2 N–H and O–H groups in total. The van der Waals surface area contributed by atoms with Crippen LogP contribution in [0.5, 0.6) is 11.5 Å². The maximum Gasteiger partial charge on any atom is 0.439 e. The highest BCUT2D eigenvalue weighted by Crippen LogP contribution is 2.41. The number of anilines is 1. The first-order valence-corrected chi connectivity index (χ1v) is 11.8. The number of rotatable bonds is 10. The molecule has 4 aromatic rings. The Hall–Kier alpha value is -3.87. The topological polar surface area (TPSA) is 115 Å². The van der Waals surface area contributed by atoms with Crippen LogP contribution in [-0.4, -0.2) is 39.9 Å². The predicted molar refractivity (Wildman–Crippen MR) is 127 cm³/mol. The number of aromatic nitrogens is 4. The Morgan fingerprint density at radius 1 is 1.08 bits per heavy atom. The van der Waals surface area contributed by atoms with Crippen molar-refractivity contribution in [3.8, 4) is 32.8 Å². The van der Waals surface area contributed by atoms with Crippen LogP contribution in [0.3, 0.4) is 0 Å². The molecule has 1 aromatic carbocycles. The van der Waals surface area contributed by atoms with Gasteiger partial charge in [0.05, 0.1) is 29.3 Å². The second-order valence-electron chi connectivity index (χ2n) is 7.40. The predicted octanol–water partition coefficient (Wildman–Crippen LogP) is 5.02. The molecule has 3 aromatic heterocycles. The largest absolute Gasteiger partial charge is 0.494 e. The lowest BCUT2D eigenvalue weighted by molar-refractivity contribution is -0.137. The fourth-order valence-corrected chi connectivity index (χ4v) is 4.40. The van der Waals surface area contributed by atoms with Gasteiger partial charge in [0.2, 0.25) is 0 Å². The third kappa shape index (κ3) is 5.85. The highest BCUT2D eigenvalue weighted by atomic mass is 32.1. The normalized spacial score (nSPS) is 11.5. The highest BCUT2D eigenvalue weighted by Gasteiger charge is 2.31. The van der Waals surface area contributed by atoms with Crippen molar-refractivity contribution in [3.63, 3.8) is 0 Å². The molecule has 0 spiro atoms. The Labute approximate surface area is 207 Å². The molecule has 36 heavy (non-hydrogen) atoms.